The molecule has 1 fully saturated rings. The van der Waals surface area contributed by atoms with E-state index in [1.807, 2.05) is 0 Å². The SMILES string of the molecule is CS(=O)(=O)OC(C(c1ccccc1)c1cccc(F)c1F)C1CCCN1C(=O)c1n[nH]cc(O)c1=O. The van der Waals surface area contributed by atoms with E-state index in [1.54, 1.807) is 30.3 Å². The van der Waals surface area contributed by atoms with Gasteiger partial charge in [0.2, 0.25) is 0 Å². The lowest BCUT2D eigenvalue weighted by Gasteiger charge is -2.36. The number of nitrogens with zero attached hydrogens (tertiary/aromatic N) is 2. The first kappa shape index (κ1) is 25.5. The number of carbonyl (C=O) groups excluding carboxylic acids is 1. The Bertz CT molecular complexity index is 1430. The van der Waals surface area contributed by atoms with Crippen LogP contribution in [0.4, 0.5) is 8.78 Å². The first-order chi connectivity index (χ1) is 17.1. The van der Waals surface area contributed by atoms with Gasteiger partial charge in [0.1, 0.15) is 6.10 Å². The maximum absolute atomic E-state index is 15.1. The number of rotatable bonds is 7. The van der Waals surface area contributed by atoms with Crippen LogP contribution in [0.3, 0.4) is 0 Å². The van der Waals surface area contributed by atoms with Gasteiger partial charge in [-0.3, -0.25) is 18.9 Å². The molecule has 2 aromatic carbocycles. The number of H-pyrrole nitrogens is 1. The van der Waals surface area contributed by atoms with E-state index in [4.69, 9.17) is 4.18 Å². The number of aromatic hydroxyl groups is 1. The van der Waals surface area contributed by atoms with Crippen LogP contribution in [-0.4, -0.2) is 59.5 Å². The zero-order valence-corrected chi connectivity index (χ0v) is 19.9. The number of likely N-dealkylation sites (tertiary alicyclic amines) is 1. The number of halogens is 2. The van der Waals surface area contributed by atoms with Crippen molar-refractivity contribution in [1.82, 2.24) is 15.1 Å². The Hall–Kier alpha value is -3.64. The van der Waals surface area contributed by atoms with Gasteiger partial charge in [-0.2, -0.15) is 13.5 Å². The first-order valence-electron chi connectivity index (χ1n) is 11.0. The van der Waals surface area contributed by atoms with Gasteiger partial charge in [0.15, 0.2) is 23.1 Å². The first-order valence-corrected chi connectivity index (χ1v) is 12.8. The Balaban J connectivity index is 1.87. The predicted molar refractivity (Wildman–Crippen MR) is 125 cm³/mol. The number of aromatic amines is 1. The molecule has 1 aliphatic rings. The van der Waals surface area contributed by atoms with Crippen LogP contribution < -0.4 is 5.43 Å². The Morgan fingerprint density at radius 1 is 1.19 bits per heavy atom. The third kappa shape index (κ3) is 5.14. The molecule has 9 nitrogen and oxygen atoms in total. The van der Waals surface area contributed by atoms with Crippen LogP contribution in [0.5, 0.6) is 5.75 Å². The number of benzene rings is 2. The summed E-state index contributed by atoms with van der Waals surface area (Å²) in [6.45, 7) is 0.122. The molecule has 0 radical (unpaired) electrons. The quantitative estimate of drug-likeness (QED) is 0.459. The molecule has 1 aromatic heterocycles. The summed E-state index contributed by atoms with van der Waals surface area (Å²) in [5, 5.41) is 15.7. The highest BCUT2D eigenvalue weighted by atomic mass is 32.2. The molecule has 1 amide bonds. The van der Waals surface area contributed by atoms with Crippen LogP contribution in [0, 0.1) is 11.6 Å². The minimum atomic E-state index is -4.15. The Morgan fingerprint density at radius 3 is 2.61 bits per heavy atom. The number of hydrogen-bond donors (Lipinski definition) is 2. The molecule has 3 unspecified atom stereocenters. The van der Waals surface area contributed by atoms with Gasteiger partial charge < -0.3 is 10.0 Å². The highest BCUT2D eigenvalue weighted by molar-refractivity contribution is 7.86. The maximum Gasteiger partial charge on any atom is 0.278 e. The van der Waals surface area contributed by atoms with Crippen molar-refractivity contribution in [3.8, 4) is 5.75 Å². The summed E-state index contributed by atoms with van der Waals surface area (Å²) >= 11 is 0. The molecule has 0 spiro atoms. The topological polar surface area (TPSA) is 130 Å². The third-order valence-corrected chi connectivity index (χ3v) is 6.63. The zero-order valence-electron chi connectivity index (χ0n) is 19.1. The molecule has 0 bridgehead atoms. The summed E-state index contributed by atoms with van der Waals surface area (Å²) in [5.41, 5.74) is -1.31. The van der Waals surface area contributed by atoms with E-state index in [1.165, 1.54) is 17.0 Å². The van der Waals surface area contributed by atoms with Crippen LogP contribution in [0.1, 0.15) is 40.4 Å². The van der Waals surface area contributed by atoms with Crippen LogP contribution >= 0.6 is 0 Å². The van der Waals surface area contributed by atoms with E-state index < -0.39 is 62.6 Å². The fraction of sp³-hybridized carbons (Fsp3) is 0.292. The standard InChI is InChI=1S/C24H23F2N3O6S/c1-36(33,34)35-23(17-11-6-12-29(17)24(32)21-22(31)18(30)13-27-28-21)19(14-7-3-2-4-8-14)15-9-5-10-16(25)20(15)26/h2-5,7-10,13,17,19,23H,6,11-12H2,1H3,(H,27,31)(H,28,30). The molecule has 190 valence electrons. The monoisotopic (exact) mass is 519 g/mol. The van der Waals surface area contributed by atoms with E-state index in [9.17, 15) is 27.5 Å². The fourth-order valence-corrected chi connectivity index (χ4v) is 5.22. The lowest BCUT2D eigenvalue weighted by molar-refractivity contribution is 0.0525. The van der Waals surface area contributed by atoms with E-state index >= 15 is 4.39 Å². The molecule has 0 aliphatic carbocycles. The molecule has 12 heteroatoms. The molecule has 1 aliphatic heterocycles. The predicted octanol–water partition coefficient (Wildman–Crippen LogP) is 2.54. The minimum Gasteiger partial charge on any atom is -0.503 e. The van der Waals surface area contributed by atoms with Crippen LogP contribution in [0.2, 0.25) is 0 Å². The van der Waals surface area contributed by atoms with Gasteiger partial charge in [-0.15, -0.1) is 0 Å². The summed E-state index contributed by atoms with van der Waals surface area (Å²) < 4.78 is 59.6. The number of aromatic nitrogens is 2. The number of hydrogen-bond acceptors (Lipinski definition) is 7. The summed E-state index contributed by atoms with van der Waals surface area (Å²) in [6, 6.07) is 10.9. The zero-order chi connectivity index (χ0) is 26.0. The van der Waals surface area contributed by atoms with Gasteiger partial charge in [0, 0.05) is 18.0 Å². The van der Waals surface area contributed by atoms with Gasteiger partial charge in [0.25, 0.3) is 21.5 Å². The normalized spacial score (nSPS) is 17.6. The Kier molecular flexibility index (Phi) is 7.18. The molecular weight excluding hydrogens is 496 g/mol. The smallest absolute Gasteiger partial charge is 0.278 e. The van der Waals surface area contributed by atoms with E-state index in [0.717, 1.165) is 18.5 Å². The Labute approximate surface area is 205 Å². The van der Waals surface area contributed by atoms with E-state index in [0.29, 0.717) is 12.0 Å². The van der Waals surface area contributed by atoms with Crippen LogP contribution in [0.15, 0.2) is 59.5 Å². The molecular formula is C24H23F2N3O6S. The van der Waals surface area contributed by atoms with Gasteiger partial charge >= 0.3 is 0 Å². The lowest BCUT2D eigenvalue weighted by Crippen LogP contribution is -2.48. The average molecular weight is 520 g/mol. The molecule has 2 heterocycles. The molecule has 0 saturated carbocycles. The van der Waals surface area contributed by atoms with Crippen molar-refractivity contribution in [1.29, 1.82) is 0 Å². The van der Waals surface area contributed by atoms with Crippen molar-refractivity contribution in [2.45, 2.75) is 30.9 Å². The second-order valence-electron chi connectivity index (χ2n) is 8.45. The molecule has 3 atom stereocenters. The van der Waals surface area contributed by atoms with Crippen molar-refractivity contribution >= 4 is 16.0 Å². The van der Waals surface area contributed by atoms with Crippen molar-refractivity contribution < 1.29 is 31.3 Å². The summed E-state index contributed by atoms with van der Waals surface area (Å²) in [4.78, 5) is 26.9. The highest BCUT2D eigenvalue weighted by Crippen LogP contribution is 2.38. The van der Waals surface area contributed by atoms with Crippen LogP contribution in [-0.2, 0) is 14.3 Å². The maximum atomic E-state index is 15.1. The summed E-state index contributed by atoms with van der Waals surface area (Å²) in [7, 11) is -4.15. The van der Waals surface area contributed by atoms with Crippen molar-refractivity contribution in [2.75, 3.05) is 12.8 Å². The molecule has 36 heavy (non-hydrogen) atoms. The summed E-state index contributed by atoms with van der Waals surface area (Å²) in [5.74, 6) is -5.00. The van der Waals surface area contributed by atoms with Gasteiger partial charge in [-0.05, 0) is 24.5 Å². The number of amides is 1. The number of carbonyl (C=O) groups is 1. The van der Waals surface area contributed by atoms with Crippen molar-refractivity contribution in [3.63, 3.8) is 0 Å². The highest BCUT2D eigenvalue weighted by Gasteiger charge is 2.44. The molecule has 2 N–H and O–H groups in total. The molecule has 3 aromatic rings. The molecule has 4 rings (SSSR count). The number of nitrogens with one attached hydrogen (secondary N) is 1. The average Bonchev–Trinajstić information content (AvgIpc) is 3.32. The van der Waals surface area contributed by atoms with E-state index in [-0.39, 0.29) is 18.5 Å². The van der Waals surface area contributed by atoms with Gasteiger partial charge in [-0.1, -0.05) is 42.5 Å². The fourth-order valence-electron chi connectivity index (χ4n) is 4.57. The van der Waals surface area contributed by atoms with E-state index in [2.05, 4.69) is 10.2 Å². The second kappa shape index (κ2) is 10.2. The minimum absolute atomic E-state index is 0.122. The molecule has 1 saturated heterocycles. The largest absolute Gasteiger partial charge is 0.503 e. The third-order valence-electron chi connectivity index (χ3n) is 6.06. The van der Waals surface area contributed by atoms with Crippen molar-refractivity contribution in [2.24, 2.45) is 0 Å². The lowest BCUT2D eigenvalue weighted by atomic mass is 9.82. The second-order valence-corrected chi connectivity index (χ2v) is 10.1. The van der Waals surface area contributed by atoms with Crippen LogP contribution in [0.25, 0.3) is 0 Å². The summed E-state index contributed by atoms with van der Waals surface area (Å²) in [6.07, 6.45) is 1.05. The van der Waals surface area contributed by atoms with Crippen molar-refractivity contribution in [3.05, 3.63) is 93.4 Å². The van der Waals surface area contributed by atoms with Gasteiger partial charge in [-0.25, -0.2) is 8.78 Å². The van der Waals surface area contributed by atoms with Gasteiger partial charge in [0.05, 0.1) is 18.5 Å². The Morgan fingerprint density at radius 2 is 1.92 bits per heavy atom.